The maximum absolute atomic E-state index is 14.1. The molecule has 3 aromatic rings. The molecule has 0 atom stereocenters. The molecule has 158 valence electrons. The SMILES string of the molecule is Cc1ccc(COCc2nn(C)c3c2CN(S(=O)(=O)c2ccccc2F)CC3)cc1. The van der Waals surface area contributed by atoms with Crippen molar-refractivity contribution < 1.29 is 17.5 Å². The monoisotopic (exact) mass is 429 g/mol. The van der Waals surface area contributed by atoms with E-state index in [1.54, 1.807) is 4.68 Å². The van der Waals surface area contributed by atoms with Gasteiger partial charge in [-0.3, -0.25) is 4.68 Å². The van der Waals surface area contributed by atoms with E-state index in [-0.39, 0.29) is 24.6 Å². The van der Waals surface area contributed by atoms with Crippen LogP contribution >= 0.6 is 0 Å². The number of nitrogens with zero attached hydrogens (tertiary/aromatic N) is 3. The molecule has 0 unspecified atom stereocenters. The number of aryl methyl sites for hydroxylation is 2. The van der Waals surface area contributed by atoms with E-state index in [2.05, 4.69) is 5.10 Å². The quantitative estimate of drug-likeness (QED) is 0.603. The molecule has 30 heavy (non-hydrogen) atoms. The van der Waals surface area contributed by atoms with Crippen molar-refractivity contribution in [2.45, 2.75) is 38.0 Å². The predicted octanol–water partition coefficient (Wildman–Crippen LogP) is 3.33. The van der Waals surface area contributed by atoms with Gasteiger partial charge in [0.05, 0.1) is 18.9 Å². The topological polar surface area (TPSA) is 64.4 Å². The fourth-order valence-corrected chi connectivity index (χ4v) is 5.18. The molecule has 1 aliphatic rings. The van der Waals surface area contributed by atoms with Crippen LogP contribution in [0.4, 0.5) is 4.39 Å². The van der Waals surface area contributed by atoms with E-state index < -0.39 is 15.8 Å². The zero-order chi connectivity index (χ0) is 21.3. The van der Waals surface area contributed by atoms with E-state index >= 15 is 0 Å². The Morgan fingerprint density at radius 1 is 1.10 bits per heavy atom. The first-order chi connectivity index (χ1) is 14.4. The third-order valence-corrected chi connectivity index (χ3v) is 7.25. The number of ether oxygens (including phenoxy) is 1. The average Bonchev–Trinajstić information content (AvgIpc) is 3.05. The molecule has 0 radical (unpaired) electrons. The van der Waals surface area contributed by atoms with Crippen LogP contribution in [0.15, 0.2) is 53.4 Å². The molecule has 0 bridgehead atoms. The Morgan fingerprint density at radius 3 is 2.57 bits per heavy atom. The number of fused-ring (bicyclic) bond motifs is 1. The molecule has 0 amide bonds. The second kappa shape index (κ2) is 8.29. The van der Waals surface area contributed by atoms with E-state index in [1.807, 2.05) is 38.2 Å². The van der Waals surface area contributed by atoms with Gasteiger partial charge in [-0.25, -0.2) is 12.8 Å². The van der Waals surface area contributed by atoms with E-state index in [1.165, 1.54) is 28.1 Å². The van der Waals surface area contributed by atoms with Crippen molar-refractivity contribution in [2.75, 3.05) is 6.54 Å². The van der Waals surface area contributed by atoms with Crippen LogP contribution in [0.25, 0.3) is 0 Å². The normalized spacial score (nSPS) is 14.6. The molecular weight excluding hydrogens is 405 g/mol. The van der Waals surface area contributed by atoms with Gasteiger partial charge in [0, 0.05) is 37.8 Å². The van der Waals surface area contributed by atoms with Crippen molar-refractivity contribution >= 4 is 10.0 Å². The summed E-state index contributed by atoms with van der Waals surface area (Å²) in [6.07, 6.45) is 0.518. The zero-order valence-corrected chi connectivity index (χ0v) is 17.8. The predicted molar refractivity (Wildman–Crippen MR) is 111 cm³/mol. The molecule has 2 aromatic carbocycles. The highest BCUT2D eigenvalue weighted by Gasteiger charge is 2.33. The summed E-state index contributed by atoms with van der Waals surface area (Å²) in [5.74, 6) is -0.740. The van der Waals surface area contributed by atoms with E-state index in [4.69, 9.17) is 4.74 Å². The number of benzene rings is 2. The Labute approximate surface area is 176 Å². The van der Waals surface area contributed by atoms with Crippen molar-refractivity contribution in [2.24, 2.45) is 7.05 Å². The third-order valence-electron chi connectivity index (χ3n) is 5.37. The third kappa shape index (κ3) is 4.03. The van der Waals surface area contributed by atoms with Crippen molar-refractivity contribution in [1.82, 2.24) is 14.1 Å². The Morgan fingerprint density at radius 2 is 1.83 bits per heavy atom. The molecule has 2 heterocycles. The molecule has 1 aliphatic heterocycles. The number of sulfonamides is 1. The van der Waals surface area contributed by atoms with Gasteiger partial charge in [0.15, 0.2) is 0 Å². The molecule has 0 saturated carbocycles. The molecule has 4 rings (SSSR count). The van der Waals surface area contributed by atoms with Gasteiger partial charge in [-0.2, -0.15) is 9.40 Å². The zero-order valence-electron chi connectivity index (χ0n) is 17.0. The summed E-state index contributed by atoms with van der Waals surface area (Å²) in [7, 11) is -2.08. The Balaban J connectivity index is 1.51. The summed E-state index contributed by atoms with van der Waals surface area (Å²) >= 11 is 0. The van der Waals surface area contributed by atoms with Crippen molar-refractivity contribution in [3.05, 3.63) is 82.4 Å². The summed E-state index contributed by atoms with van der Waals surface area (Å²) in [6, 6.07) is 13.6. The number of aromatic nitrogens is 2. The standard InChI is InChI=1S/C22H24FN3O3S/c1-16-7-9-17(10-8-16)14-29-15-20-18-13-26(12-11-21(18)25(2)24-20)30(27,28)22-6-4-3-5-19(22)23/h3-10H,11-15H2,1-2H3. The molecule has 1 aromatic heterocycles. The van der Waals surface area contributed by atoms with Crippen LogP contribution in [0, 0.1) is 12.7 Å². The van der Waals surface area contributed by atoms with Gasteiger partial charge in [-0.15, -0.1) is 0 Å². The first kappa shape index (κ1) is 20.7. The molecule has 0 fully saturated rings. The summed E-state index contributed by atoms with van der Waals surface area (Å²) in [6.45, 7) is 3.20. The minimum atomic E-state index is -3.93. The second-order valence-electron chi connectivity index (χ2n) is 7.49. The highest BCUT2D eigenvalue weighted by Crippen LogP contribution is 2.28. The average molecular weight is 430 g/mol. The maximum atomic E-state index is 14.1. The molecule has 0 saturated heterocycles. The van der Waals surface area contributed by atoms with Gasteiger partial charge < -0.3 is 4.74 Å². The molecule has 6 nitrogen and oxygen atoms in total. The van der Waals surface area contributed by atoms with Crippen molar-refractivity contribution in [3.63, 3.8) is 0 Å². The highest BCUT2D eigenvalue weighted by molar-refractivity contribution is 7.89. The fraction of sp³-hybridized carbons (Fsp3) is 0.318. The Kier molecular flexibility index (Phi) is 5.73. The van der Waals surface area contributed by atoms with Gasteiger partial charge in [0.1, 0.15) is 10.7 Å². The van der Waals surface area contributed by atoms with E-state index in [0.29, 0.717) is 18.7 Å². The lowest BCUT2D eigenvalue weighted by atomic mass is 10.1. The van der Waals surface area contributed by atoms with Crippen LogP contribution < -0.4 is 0 Å². The van der Waals surface area contributed by atoms with Gasteiger partial charge in [-0.1, -0.05) is 42.0 Å². The van der Waals surface area contributed by atoms with Gasteiger partial charge in [-0.05, 0) is 24.6 Å². The Hall–Kier alpha value is -2.55. The lowest BCUT2D eigenvalue weighted by Gasteiger charge is -2.27. The number of rotatable bonds is 6. The first-order valence-electron chi connectivity index (χ1n) is 9.78. The number of hydrogen-bond donors (Lipinski definition) is 0. The van der Waals surface area contributed by atoms with Gasteiger partial charge >= 0.3 is 0 Å². The van der Waals surface area contributed by atoms with Crippen LogP contribution in [-0.4, -0.2) is 29.0 Å². The molecule has 8 heteroatoms. The number of hydrogen-bond acceptors (Lipinski definition) is 4. The number of halogens is 1. The van der Waals surface area contributed by atoms with E-state index in [9.17, 15) is 12.8 Å². The van der Waals surface area contributed by atoms with Crippen molar-refractivity contribution in [3.8, 4) is 0 Å². The second-order valence-corrected chi connectivity index (χ2v) is 9.40. The molecular formula is C22H24FN3O3S. The first-order valence-corrected chi connectivity index (χ1v) is 11.2. The van der Waals surface area contributed by atoms with Crippen LogP contribution in [0.1, 0.15) is 28.1 Å². The largest absolute Gasteiger partial charge is 0.370 e. The summed E-state index contributed by atoms with van der Waals surface area (Å²) < 4.78 is 49.1. The van der Waals surface area contributed by atoms with Gasteiger partial charge in [0.25, 0.3) is 0 Å². The summed E-state index contributed by atoms with van der Waals surface area (Å²) in [5, 5.41) is 4.54. The minimum absolute atomic E-state index is 0.156. The summed E-state index contributed by atoms with van der Waals surface area (Å²) in [5.41, 5.74) is 4.80. The highest BCUT2D eigenvalue weighted by atomic mass is 32.2. The lowest BCUT2D eigenvalue weighted by molar-refractivity contribution is 0.103. The smallest absolute Gasteiger partial charge is 0.246 e. The van der Waals surface area contributed by atoms with Gasteiger partial charge in [0.2, 0.25) is 10.0 Å². The van der Waals surface area contributed by atoms with Crippen LogP contribution in [0.2, 0.25) is 0 Å². The minimum Gasteiger partial charge on any atom is -0.370 e. The fourth-order valence-electron chi connectivity index (χ4n) is 3.71. The maximum Gasteiger partial charge on any atom is 0.246 e. The van der Waals surface area contributed by atoms with Crippen LogP contribution in [0.3, 0.4) is 0 Å². The Bertz CT molecular complexity index is 1160. The summed E-state index contributed by atoms with van der Waals surface area (Å²) in [4.78, 5) is -0.297. The van der Waals surface area contributed by atoms with Crippen molar-refractivity contribution in [1.29, 1.82) is 0 Å². The van der Waals surface area contributed by atoms with Crippen LogP contribution in [0.5, 0.6) is 0 Å². The molecule has 0 aliphatic carbocycles. The van der Waals surface area contributed by atoms with Crippen LogP contribution in [-0.2, 0) is 48.0 Å². The van der Waals surface area contributed by atoms with E-state index in [0.717, 1.165) is 22.9 Å². The molecule has 0 spiro atoms. The molecule has 0 N–H and O–H groups in total. The lowest BCUT2D eigenvalue weighted by Crippen LogP contribution is -2.36.